The SMILES string of the molecule is COc1ccc(C(O)NCC2CCCN(C)C2)c2nc(-c3cccs3)[nH]c12. The molecule has 144 valence electrons. The number of aromatic amines is 1. The predicted molar refractivity (Wildman–Crippen MR) is 109 cm³/mol. The van der Waals surface area contributed by atoms with Gasteiger partial charge in [0, 0.05) is 18.7 Å². The molecule has 1 aromatic carbocycles. The number of fused-ring (bicyclic) bond motifs is 1. The van der Waals surface area contributed by atoms with Gasteiger partial charge in [-0.3, -0.25) is 5.32 Å². The van der Waals surface area contributed by atoms with E-state index in [9.17, 15) is 5.11 Å². The van der Waals surface area contributed by atoms with Crippen LogP contribution in [0.25, 0.3) is 21.7 Å². The van der Waals surface area contributed by atoms with Crippen molar-refractivity contribution in [2.75, 3.05) is 33.8 Å². The maximum absolute atomic E-state index is 10.8. The Morgan fingerprint density at radius 1 is 1.44 bits per heavy atom. The van der Waals surface area contributed by atoms with E-state index in [1.54, 1.807) is 18.4 Å². The number of nitrogens with zero attached hydrogens (tertiary/aromatic N) is 2. The Kier molecular flexibility index (Phi) is 5.45. The zero-order valence-electron chi connectivity index (χ0n) is 15.7. The number of rotatable bonds is 6. The van der Waals surface area contributed by atoms with Gasteiger partial charge in [0.25, 0.3) is 0 Å². The highest BCUT2D eigenvalue weighted by Crippen LogP contribution is 2.33. The van der Waals surface area contributed by atoms with Crippen LogP contribution in [0.1, 0.15) is 24.6 Å². The molecule has 3 N–H and O–H groups in total. The van der Waals surface area contributed by atoms with E-state index < -0.39 is 6.23 Å². The highest BCUT2D eigenvalue weighted by atomic mass is 32.1. The van der Waals surface area contributed by atoms with Crippen LogP contribution in [0.15, 0.2) is 29.6 Å². The Bertz CT molecular complexity index is 893. The summed E-state index contributed by atoms with van der Waals surface area (Å²) < 4.78 is 5.48. The molecule has 27 heavy (non-hydrogen) atoms. The molecule has 1 fully saturated rings. The van der Waals surface area contributed by atoms with Gasteiger partial charge in [-0.05, 0) is 55.9 Å². The van der Waals surface area contributed by atoms with Crippen molar-refractivity contribution in [3.63, 3.8) is 0 Å². The fourth-order valence-corrected chi connectivity index (χ4v) is 4.51. The van der Waals surface area contributed by atoms with Crippen LogP contribution < -0.4 is 10.1 Å². The minimum absolute atomic E-state index is 0.563. The van der Waals surface area contributed by atoms with E-state index in [0.717, 1.165) is 52.7 Å². The van der Waals surface area contributed by atoms with Gasteiger partial charge in [-0.25, -0.2) is 4.98 Å². The maximum Gasteiger partial charge on any atom is 0.148 e. The quantitative estimate of drug-likeness (QED) is 0.567. The topological polar surface area (TPSA) is 73.4 Å². The van der Waals surface area contributed by atoms with E-state index in [0.29, 0.717) is 5.92 Å². The lowest BCUT2D eigenvalue weighted by molar-refractivity contribution is 0.120. The fraction of sp³-hybridized carbons (Fsp3) is 0.450. The summed E-state index contributed by atoms with van der Waals surface area (Å²) in [6.07, 6.45) is 1.66. The number of aromatic nitrogens is 2. The number of aliphatic hydroxyl groups excluding tert-OH is 1. The molecule has 0 amide bonds. The molecule has 6 nitrogen and oxygen atoms in total. The van der Waals surface area contributed by atoms with Crippen LogP contribution >= 0.6 is 11.3 Å². The molecule has 3 aromatic rings. The van der Waals surface area contributed by atoms with Gasteiger partial charge in [0.2, 0.25) is 0 Å². The number of piperidine rings is 1. The molecule has 3 heterocycles. The number of thiophene rings is 1. The van der Waals surface area contributed by atoms with Gasteiger partial charge in [0.1, 0.15) is 23.3 Å². The molecule has 4 rings (SSSR count). The fourth-order valence-electron chi connectivity index (χ4n) is 3.84. The standard InChI is InChI=1S/C20H26N4O2S/c1-24-9-3-5-13(12-24)11-21-20(25)14-7-8-15(26-2)18-17(14)22-19(23-18)16-6-4-10-27-16/h4,6-8,10,13,20-21,25H,3,5,9,11-12H2,1-2H3,(H,22,23). The molecular formula is C20H26N4O2S. The van der Waals surface area contributed by atoms with Crippen LogP contribution in [0.4, 0.5) is 0 Å². The number of nitrogens with one attached hydrogen (secondary N) is 2. The van der Waals surface area contributed by atoms with Crippen LogP contribution in [0.5, 0.6) is 5.75 Å². The summed E-state index contributed by atoms with van der Waals surface area (Å²) in [4.78, 5) is 11.5. The van der Waals surface area contributed by atoms with Crippen molar-refractivity contribution < 1.29 is 9.84 Å². The van der Waals surface area contributed by atoms with E-state index >= 15 is 0 Å². The van der Waals surface area contributed by atoms with Crippen LogP contribution in [0, 0.1) is 5.92 Å². The van der Waals surface area contributed by atoms with E-state index in [1.165, 1.54) is 12.8 Å². The highest BCUT2D eigenvalue weighted by Gasteiger charge is 2.21. The third-order valence-corrected chi connectivity index (χ3v) is 6.11. The Labute approximate surface area is 163 Å². The molecule has 2 unspecified atom stereocenters. The summed E-state index contributed by atoms with van der Waals surface area (Å²) in [5.41, 5.74) is 2.34. The zero-order valence-corrected chi connectivity index (χ0v) is 16.6. The second kappa shape index (κ2) is 7.98. The Morgan fingerprint density at radius 2 is 2.33 bits per heavy atom. The molecule has 1 aliphatic heterocycles. The van der Waals surface area contributed by atoms with Crippen LogP contribution in [-0.4, -0.2) is 53.8 Å². The molecule has 0 bridgehead atoms. The molecule has 0 spiro atoms. The lowest BCUT2D eigenvalue weighted by atomic mass is 9.98. The number of H-pyrrole nitrogens is 1. The summed E-state index contributed by atoms with van der Waals surface area (Å²) in [5, 5.41) is 16.1. The summed E-state index contributed by atoms with van der Waals surface area (Å²) in [6, 6.07) is 7.81. The highest BCUT2D eigenvalue weighted by molar-refractivity contribution is 7.13. The number of hydrogen-bond acceptors (Lipinski definition) is 6. The Morgan fingerprint density at radius 3 is 3.07 bits per heavy atom. The number of methoxy groups -OCH3 is 1. The predicted octanol–water partition coefficient (Wildman–Crippen LogP) is 3.22. The number of hydrogen-bond donors (Lipinski definition) is 3. The summed E-state index contributed by atoms with van der Waals surface area (Å²) >= 11 is 1.63. The largest absolute Gasteiger partial charge is 0.494 e. The van der Waals surface area contributed by atoms with Crippen molar-refractivity contribution in [1.29, 1.82) is 0 Å². The maximum atomic E-state index is 10.8. The van der Waals surface area contributed by atoms with Gasteiger partial charge < -0.3 is 19.7 Å². The van der Waals surface area contributed by atoms with Crippen LogP contribution in [-0.2, 0) is 0 Å². The minimum Gasteiger partial charge on any atom is -0.494 e. The molecule has 0 saturated carbocycles. The Balaban J connectivity index is 1.58. The van der Waals surface area contributed by atoms with Gasteiger partial charge in [0.05, 0.1) is 17.5 Å². The summed E-state index contributed by atoms with van der Waals surface area (Å²) in [6.45, 7) is 3.03. The number of benzene rings is 1. The monoisotopic (exact) mass is 386 g/mol. The average molecular weight is 387 g/mol. The average Bonchev–Trinajstić information content (AvgIpc) is 3.34. The van der Waals surface area contributed by atoms with Gasteiger partial charge in [-0.1, -0.05) is 6.07 Å². The van der Waals surface area contributed by atoms with Crippen molar-refractivity contribution in [1.82, 2.24) is 20.2 Å². The first kappa shape index (κ1) is 18.4. The molecule has 0 aliphatic carbocycles. The van der Waals surface area contributed by atoms with Crippen molar-refractivity contribution in [2.45, 2.75) is 19.1 Å². The third kappa shape index (κ3) is 3.87. The summed E-state index contributed by atoms with van der Waals surface area (Å²) in [7, 11) is 3.81. The second-order valence-electron chi connectivity index (χ2n) is 7.22. The first-order valence-corrected chi connectivity index (χ1v) is 10.2. The van der Waals surface area contributed by atoms with E-state index in [4.69, 9.17) is 9.72 Å². The zero-order chi connectivity index (χ0) is 18.8. The minimum atomic E-state index is -0.759. The van der Waals surface area contributed by atoms with Gasteiger partial charge in [-0.2, -0.15) is 0 Å². The van der Waals surface area contributed by atoms with Gasteiger partial charge >= 0.3 is 0 Å². The molecule has 2 aromatic heterocycles. The smallest absolute Gasteiger partial charge is 0.148 e. The van der Waals surface area contributed by atoms with E-state index in [-0.39, 0.29) is 0 Å². The van der Waals surface area contributed by atoms with Crippen LogP contribution in [0.2, 0.25) is 0 Å². The molecule has 1 aliphatic rings. The van der Waals surface area contributed by atoms with Crippen molar-refractivity contribution in [3.05, 3.63) is 35.2 Å². The summed E-state index contributed by atoms with van der Waals surface area (Å²) in [5.74, 6) is 2.09. The van der Waals surface area contributed by atoms with E-state index in [2.05, 4.69) is 22.2 Å². The van der Waals surface area contributed by atoms with Gasteiger partial charge in [0.15, 0.2) is 0 Å². The molecule has 1 saturated heterocycles. The number of imidazole rings is 1. The number of aliphatic hydroxyl groups is 1. The number of ether oxygens (including phenoxy) is 1. The lowest BCUT2D eigenvalue weighted by Crippen LogP contribution is -2.38. The molecule has 0 radical (unpaired) electrons. The molecule has 7 heteroatoms. The molecular weight excluding hydrogens is 360 g/mol. The van der Waals surface area contributed by atoms with Crippen molar-refractivity contribution in [2.24, 2.45) is 5.92 Å². The van der Waals surface area contributed by atoms with Crippen molar-refractivity contribution in [3.8, 4) is 16.5 Å². The first-order valence-electron chi connectivity index (χ1n) is 9.36. The second-order valence-corrected chi connectivity index (χ2v) is 8.17. The lowest BCUT2D eigenvalue weighted by Gasteiger charge is -2.30. The first-order chi connectivity index (χ1) is 13.2. The molecule has 2 atom stereocenters. The normalized spacial score (nSPS) is 19.4. The van der Waals surface area contributed by atoms with E-state index in [1.807, 2.05) is 29.6 Å². The van der Waals surface area contributed by atoms with Crippen LogP contribution in [0.3, 0.4) is 0 Å². The third-order valence-electron chi connectivity index (χ3n) is 5.23. The Hall–Kier alpha value is -1.93. The van der Waals surface area contributed by atoms with Crippen molar-refractivity contribution >= 4 is 22.4 Å². The number of likely N-dealkylation sites (tertiary alicyclic amines) is 1. The van der Waals surface area contributed by atoms with Gasteiger partial charge in [-0.15, -0.1) is 11.3 Å².